The minimum absolute atomic E-state index is 0.175. The Morgan fingerprint density at radius 1 is 1.09 bits per heavy atom. The molecule has 1 aliphatic heterocycles. The molecule has 2 aromatic rings. The zero-order valence-corrected chi connectivity index (χ0v) is 13.5. The summed E-state index contributed by atoms with van der Waals surface area (Å²) in [7, 11) is 1.01. The number of rotatable bonds is 2. The smallest absolute Gasteiger partial charge is 0.496 e. The molecule has 1 saturated heterocycles. The van der Waals surface area contributed by atoms with Gasteiger partial charge in [-0.15, -0.1) is 0 Å². The Hall–Kier alpha value is -1.79. The molecule has 1 fully saturated rings. The molecule has 0 N–H and O–H groups in total. The van der Waals surface area contributed by atoms with Crippen molar-refractivity contribution in [3.63, 3.8) is 0 Å². The van der Waals surface area contributed by atoms with E-state index in [9.17, 15) is 5.11 Å². The van der Waals surface area contributed by atoms with Gasteiger partial charge in [0.1, 0.15) is 5.75 Å². The molecule has 0 spiro atoms. The van der Waals surface area contributed by atoms with Crippen LogP contribution >= 0.6 is 0 Å². The first-order valence-corrected chi connectivity index (χ1v) is 7.24. The van der Waals surface area contributed by atoms with Crippen LogP contribution in [-0.4, -0.2) is 30.4 Å². The SMILES string of the molecule is COc1cc2cc(B3OC(C)(C)C(C)(C)O3)cnc2cc1[O-]. The van der Waals surface area contributed by atoms with E-state index in [1.807, 2.05) is 33.8 Å². The lowest BCUT2D eigenvalue weighted by Crippen LogP contribution is -2.41. The van der Waals surface area contributed by atoms with Gasteiger partial charge in [0.05, 0.1) is 23.8 Å². The maximum absolute atomic E-state index is 11.8. The molecule has 116 valence electrons. The number of benzene rings is 1. The van der Waals surface area contributed by atoms with Crippen LogP contribution in [-0.2, 0) is 9.31 Å². The van der Waals surface area contributed by atoms with Crippen LogP contribution in [0.1, 0.15) is 27.7 Å². The molecule has 1 aliphatic rings. The predicted molar refractivity (Wildman–Crippen MR) is 83.5 cm³/mol. The second-order valence-electron chi connectivity index (χ2n) is 6.55. The highest BCUT2D eigenvalue weighted by Gasteiger charge is 2.51. The minimum atomic E-state index is -0.472. The van der Waals surface area contributed by atoms with E-state index >= 15 is 0 Å². The Morgan fingerprint density at radius 3 is 2.32 bits per heavy atom. The van der Waals surface area contributed by atoms with E-state index in [0.29, 0.717) is 11.3 Å². The fourth-order valence-corrected chi connectivity index (χ4v) is 2.42. The summed E-state index contributed by atoms with van der Waals surface area (Å²) in [5.74, 6) is 0.131. The summed E-state index contributed by atoms with van der Waals surface area (Å²) in [5.41, 5.74) is 0.657. The Balaban J connectivity index is 2.01. The zero-order valence-electron chi connectivity index (χ0n) is 13.5. The number of pyridine rings is 1. The predicted octanol–water partition coefficient (Wildman–Crippen LogP) is 1.62. The van der Waals surface area contributed by atoms with Crippen LogP contribution < -0.4 is 15.3 Å². The molecule has 0 unspecified atom stereocenters. The van der Waals surface area contributed by atoms with Gasteiger partial charge in [-0.1, -0.05) is 11.8 Å². The van der Waals surface area contributed by atoms with Crippen LogP contribution in [0.2, 0.25) is 0 Å². The fourth-order valence-electron chi connectivity index (χ4n) is 2.42. The Morgan fingerprint density at radius 2 is 1.73 bits per heavy atom. The molecule has 0 atom stereocenters. The lowest BCUT2D eigenvalue weighted by atomic mass is 9.80. The molecule has 3 rings (SSSR count). The molecule has 0 bridgehead atoms. The maximum Gasteiger partial charge on any atom is 0.496 e. The van der Waals surface area contributed by atoms with E-state index in [4.69, 9.17) is 14.0 Å². The average Bonchev–Trinajstić information content (AvgIpc) is 2.66. The summed E-state index contributed by atoms with van der Waals surface area (Å²) >= 11 is 0. The highest BCUT2D eigenvalue weighted by Crippen LogP contribution is 2.36. The summed E-state index contributed by atoms with van der Waals surface area (Å²) in [6.07, 6.45) is 1.69. The summed E-state index contributed by atoms with van der Waals surface area (Å²) in [5, 5.41) is 12.6. The van der Waals surface area contributed by atoms with Crippen LogP contribution in [0.25, 0.3) is 10.9 Å². The molecule has 1 aromatic heterocycles. The Bertz CT molecular complexity index is 713. The van der Waals surface area contributed by atoms with Gasteiger partial charge in [0, 0.05) is 17.0 Å². The fraction of sp³-hybridized carbons (Fsp3) is 0.438. The second-order valence-corrected chi connectivity index (χ2v) is 6.55. The number of nitrogens with zero attached hydrogens (tertiary/aromatic N) is 1. The lowest BCUT2D eigenvalue weighted by Gasteiger charge is -2.32. The van der Waals surface area contributed by atoms with E-state index in [0.717, 1.165) is 10.8 Å². The number of hydrogen-bond donors (Lipinski definition) is 0. The summed E-state index contributed by atoms with van der Waals surface area (Å²) < 4.78 is 17.1. The van der Waals surface area contributed by atoms with E-state index in [1.54, 1.807) is 12.3 Å². The molecular formula is C16H19BNO4-. The van der Waals surface area contributed by atoms with Crippen LogP contribution in [0.15, 0.2) is 24.4 Å². The molecule has 0 saturated carbocycles. The van der Waals surface area contributed by atoms with Gasteiger partial charge >= 0.3 is 7.12 Å². The maximum atomic E-state index is 11.8. The number of methoxy groups -OCH3 is 1. The lowest BCUT2D eigenvalue weighted by molar-refractivity contribution is -0.269. The van der Waals surface area contributed by atoms with Crippen LogP contribution in [0.3, 0.4) is 0 Å². The van der Waals surface area contributed by atoms with Gasteiger partial charge in [-0.25, -0.2) is 0 Å². The topological polar surface area (TPSA) is 63.6 Å². The van der Waals surface area contributed by atoms with Gasteiger partial charge in [-0.3, -0.25) is 4.98 Å². The van der Waals surface area contributed by atoms with E-state index in [2.05, 4.69) is 4.98 Å². The number of ether oxygens (including phenoxy) is 1. The first kappa shape index (κ1) is 15.1. The van der Waals surface area contributed by atoms with Gasteiger partial charge in [0.2, 0.25) is 0 Å². The number of fused-ring (bicyclic) bond motifs is 1. The largest absolute Gasteiger partial charge is 0.870 e. The highest BCUT2D eigenvalue weighted by molar-refractivity contribution is 6.62. The zero-order chi connectivity index (χ0) is 16.1. The molecule has 5 nitrogen and oxygen atoms in total. The first-order chi connectivity index (χ1) is 10.2. The third-order valence-corrected chi connectivity index (χ3v) is 4.51. The van der Waals surface area contributed by atoms with Gasteiger partial charge in [0.25, 0.3) is 0 Å². The summed E-state index contributed by atoms with van der Waals surface area (Å²) in [4.78, 5) is 4.34. The van der Waals surface area contributed by atoms with E-state index < -0.39 is 18.3 Å². The minimum Gasteiger partial charge on any atom is -0.870 e. The van der Waals surface area contributed by atoms with Crippen molar-refractivity contribution >= 4 is 23.5 Å². The van der Waals surface area contributed by atoms with Gasteiger partial charge < -0.3 is 19.2 Å². The van der Waals surface area contributed by atoms with Crippen molar-refractivity contribution in [2.75, 3.05) is 7.11 Å². The van der Waals surface area contributed by atoms with Gasteiger partial charge in [-0.05, 0) is 39.8 Å². The molecular weight excluding hydrogens is 281 g/mol. The van der Waals surface area contributed by atoms with Crippen molar-refractivity contribution in [2.24, 2.45) is 0 Å². The summed E-state index contributed by atoms with van der Waals surface area (Å²) in [6.45, 7) is 8.03. The van der Waals surface area contributed by atoms with Gasteiger partial charge in [0.15, 0.2) is 0 Å². The first-order valence-electron chi connectivity index (χ1n) is 7.24. The van der Waals surface area contributed by atoms with Crippen LogP contribution in [0.4, 0.5) is 0 Å². The highest BCUT2D eigenvalue weighted by atomic mass is 16.7. The summed E-state index contributed by atoms with van der Waals surface area (Å²) in [6, 6.07) is 5.09. The molecule has 1 aromatic carbocycles. The Kier molecular flexibility index (Phi) is 3.34. The van der Waals surface area contributed by atoms with Crippen LogP contribution in [0.5, 0.6) is 11.5 Å². The van der Waals surface area contributed by atoms with Crippen molar-refractivity contribution in [3.8, 4) is 11.5 Å². The van der Waals surface area contributed by atoms with Crippen molar-refractivity contribution in [1.29, 1.82) is 0 Å². The third-order valence-electron chi connectivity index (χ3n) is 4.51. The standard InChI is InChI=1S/C16H20BNO4/c1-15(2)16(3,4)22-17(21-15)11-6-10-7-14(20-5)13(19)8-12(10)18-9-11/h6-9,19H,1-5H3/p-1. The third kappa shape index (κ3) is 2.32. The van der Waals surface area contributed by atoms with Crippen molar-refractivity contribution in [3.05, 3.63) is 24.4 Å². The molecule has 2 heterocycles. The normalized spacial score (nSPS) is 19.6. The monoisotopic (exact) mass is 300 g/mol. The number of aromatic nitrogens is 1. The molecule has 6 heteroatoms. The van der Waals surface area contributed by atoms with E-state index in [1.165, 1.54) is 13.2 Å². The van der Waals surface area contributed by atoms with Crippen molar-refractivity contribution in [1.82, 2.24) is 4.98 Å². The molecule has 0 aliphatic carbocycles. The molecule has 22 heavy (non-hydrogen) atoms. The second kappa shape index (κ2) is 4.86. The van der Waals surface area contributed by atoms with Crippen molar-refractivity contribution in [2.45, 2.75) is 38.9 Å². The van der Waals surface area contributed by atoms with Crippen LogP contribution in [0, 0.1) is 0 Å². The Labute approximate surface area is 130 Å². The molecule has 0 radical (unpaired) electrons. The van der Waals surface area contributed by atoms with Gasteiger partial charge in [-0.2, -0.15) is 0 Å². The van der Waals surface area contributed by atoms with E-state index in [-0.39, 0.29) is 5.75 Å². The quantitative estimate of drug-likeness (QED) is 0.789. The average molecular weight is 300 g/mol. The number of hydrogen-bond acceptors (Lipinski definition) is 5. The molecule has 0 amide bonds. The van der Waals surface area contributed by atoms with Crippen molar-refractivity contribution < 1.29 is 19.2 Å².